The van der Waals surface area contributed by atoms with Crippen molar-refractivity contribution in [3.8, 4) is 58.8 Å². The Kier molecular flexibility index (Phi) is 11.4. The van der Waals surface area contributed by atoms with Gasteiger partial charge in [-0.05, 0) is 84.9 Å². The molecule has 0 bridgehead atoms. The van der Waals surface area contributed by atoms with E-state index in [1.807, 2.05) is 121 Å². The lowest BCUT2D eigenvalue weighted by atomic mass is 10.2. The standard InChI is InChI=1S/2C20H11ClN2O/c2*21-19-12-16(14-23-20(19)13-22)7-6-15-8-10-18(11-9-15)24-17-4-2-1-3-5-17/h2*1-5,8-12,14H. The van der Waals surface area contributed by atoms with Gasteiger partial charge in [0.25, 0.3) is 0 Å². The molecule has 0 fully saturated rings. The van der Waals surface area contributed by atoms with E-state index in [9.17, 15) is 0 Å². The van der Waals surface area contributed by atoms with Crippen molar-refractivity contribution in [1.29, 1.82) is 10.5 Å². The first-order valence-electron chi connectivity index (χ1n) is 14.3. The number of hydrogen-bond donors (Lipinski definition) is 0. The zero-order valence-corrected chi connectivity index (χ0v) is 26.6. The fourth-order valence-electron chi connectivity index (χ4n) is 3.93. The van der Waals surface area contributed by atoms with Crippen LogP contribution in [0.3, 0.4) is 0 Å². The first-order chi connectivity index (χ1) is 23.5. The number of hydrogen-bond acceptors (Lipinski definition) is 6. The predicted octanol–water partition coefficient (Wildman–Crippen LogP) is 9.60. The highest BCUT2D eigenvalue weighted by molar-refractivity contribution is 6.31. The topological polar surface area (TPSA) is 91.8 Å². The molecule has 0 aliphatic heterocycles. The van der Waals surface area contributed by atoms with Gasteiger partial charge < -0.3 is 9.47 Å². The van der Waals surface area contributed by atoms with Crippen molar-refractivity contribution < 1.29 is 9.47 Å². The summed E-state index contributed by atoms with van der Waals surface area (Å²) < 4.78 is 11.5. The fraction of sp³-hybridized carbons (Fsp3) is 0. The second kappa shape index (κ2) is 16.7. The number of rotatable bonds is 4. The Labute approximate surface area is 288 Å². The third-order valence-corrected chi connectivity index (χ3v) is 6.84. The minimum Gasteiger partial charge on any atom is -0.457 e. The minimum atomic E-state index is 0.199. The molecule has 0 radical (unpaired) electrons. The van der Waals surface area contributed by atoms with E-state index in [-0.39, 0.29) is 11.4 Å². The molecule has 0 saturated heterocycles. The van der Waals surface area contributed by atoms with Crippen LogP contribution >= 0.6 is 23.2 Å². The van der Waals surface area contributed by atoms with Crippen molar-refractivity contribution in [3.05, 3.63) is 177 Å². The van der Waals surface area contributed by atoms with Crippen molar-refractivity contribution in [2.45, 2.75) is 0 Å². The molecule has 6 nitrogen and oxygen atoms in total. The van der Waals surface area contributed by atoms with Crippen molar-refractivity contribution in [2.75, 3.05) is 0 Å². The molecule has 0 spiro atoms. The Morgan fingerprint density at radius 2 is 0.771 bits per heavy atom. The molecule has 0 saturated carbocycles. The largest absolute Gasteiger partial charge is 0.457 e. The van der Waals surface area contributed by atoms with Crippen LogP contribution in [0.1, 0.15) is 33.6 Å². The number of pyridine rings is 2. The van der Waals surface area contributed by atoms with Crippen LogP contribution in [-0.4, -0.2) is 9.97 Å². The molecule has 6 rings (SSSR count). The van der Waals surface area contributed by atoms with Crippen LogP contribution in [0.4, 0.5) is 0 Å². The Hall–Kier alpha value is -6.54. The van der Waals surface area contributed by atoms with E-state index in [1.54, 1.807) is 12.1 Å². The van der Waals surface area contributed by atoms with Crippen LogP contribution in [0.2, 0.25) is 10.0 Å². The highest BCUT2D eigenvalue weighted by Gasteiger charge is 2.02. The van der Waals surface area contributed by atoms with Gasteiger partial charge in [-0.25, -0.2) is 9.97 Å². The van der Waals surface area contributed by atoms with Crippen molar-refractivity contribution in [3.63, 3.8) is 0 Å². The van der Waals surface area contributed by atoms with Gasteiger partial charge in [-0.3, -0.25) is 0 Å². The average Bonchev–Trinajstić information content (AvgIpc) is 3.12. The second-order valence-corrected chi connectivity index (χ2v) is 10.5. The SMILES string of the molecule is N#Cc1ncc(C#Cc2ccc(Oc3ccccc3)cc2)cc1Cl.N#Cc1ncc(C#Cc2ccc(Oc3ccccc3)cc2)cc1Cl. The van der Waals surface area contributed by atoms with E-state index in [2.05, 4.69) is 33.6 Å². The number of aromatic nitrogens is 2. The van der Waals surface area contributed by atoms with Crippen LogP contribution in [0.15, 0.2) is 134 Å². The summed E-state index contributed by atoms with van der Waals surface area (Å²) in [4.78, 5) is 7.91. The highest BCUT2D eigenvalue weighted by atomic mass is 35.5. The summed E-state index contributed by atoms with van der Waals surface area (Å²) in [5.41, 5.74) is 3.40. The van der Waals surface area contributed by atoms with Crippen LogP contribution in [-0.2, 0) is 0 Å². The number of nitrogens with zero attached hydrogens (tertiary/aromatic N) is 4. The minimum absolute atomic E-state index is 0.199. The molecule has 0 aliphatic carbocycles. The molecule has 6 aromatic rings. The molecule has 0 aliphatic rings. The molecule has 0 N–H and O–H groups in total. The van der Waals surface area contributed by atoms with Gasteiger partial charge >= 0.3 is 0 Å². The van der Waals surface area contributed by atoms with E-state index in [1.165, 1.54) is 12.4 Å². The van der Waals surface area contributed by atoms with Gasteiger partial charge in [0.1, 0.15) is 35.1 Å². The number of ether oxygens (including phenoxy) is 2. The zero-order chi connectivity index (χ0) is 33.6. The number of para-hydroxylation sites is 2. The molecule has 48 heavy (non-hydrogen) atoms. The van der Waals surface area contributed by atoms with Gasteiger partial charge in [-0.1, -0.05) is 83.3 Å². The quantitative estimate of drug-likeness (QED) is 0.175. The highest BCUT2D eigenvalue weighted by Crippen LogP contribution is 2.22. The van der Waals surface area contributed by atoms with E-state index in [0.717, 1.165) is 34.1 Å². The molecule has 2 heterocycles. The summed E-state index contributed by atoms with van der Waals surface area (Å²) >= 11 is 11.9. The van der Waals surface area contributed by atoms with Crippen molar-refractivity contribution >= 4 is 23.2 Å². The third-order valence-electron chi connectivity index (χ3n) is 6.26. The smallest absolute Gasteiger partial charge is 0.159 e. The Morgan fingerprint density at radius 1 is 0.438 bits per heavy atom. The van der Waals surface area contributed by atoms with Crippen LogP contribution in [0.25, 0.3) is 0 Å². The first-order valence-corrected chi connectivity index (χ1v) is 15.1. The molecule has 228 valence electrons. The molecule has 0 unspecified atom stereocenters. The van der Waals surface area contributed by atoms with Gasteiger partial charge in [0.15, 0.2) is 11.4 Å². The lowest BCUT2D eigenvalue weighted by molar-refractivity contribution is 0.482. The van der Waals surface area contributed by atoms with Gasteiger partial charge in [-0.15, -0.1) is 0 Å². The number of benzene rings is 4. The van der Waals surface area contributed by atoms with Crippen LogP contribution < -0.4 is 9.47 Å². The summed E-state index contributed by atoms with van der Waals surface area (Å²) in [5, 5.41) is 18.2. The molecule has 2 aromatic heterocycles. The fourth-order valence-corrected chi connectivity index (χ4v) is 4.34. The lowest BCUT2D eigenvalue weighted by Gasteiger charge is -2.04. The van der Waals surface area contributed by atoms with Gasteiger partial charge in [0, 0.05) is 34.6 Å². The normalized spacial score (nSPS) is 9.50. The third kappa shape index (κ3) is 9.73. The maximum Gasteiger partial charge on any atom is 0.159 e. The van der Waals surface area contributed by atoms with Crippen molar-refractivity contribution in [2.24, 2.45) is 0 Å². The summed E-state index contributed by atoms with van der Waals surface area (Å²) in [6.45, 7) is 0. The number of nitriles is 2. The predicted molar refractivity (Wildman–Crippen MR) is 186 cm³/mol. The van der Waals surface area contributed by atoms with E-state index < -0.39 is 0 Å². The Balaban J connectivity index is 0.000000188. The Bertz CT molecular complexity index is 2060. The van der Waals surface area contributed by atoms with Crippen LogP contribution in [0, 0.1) is 46.3 Å². The molecular weight excluding hydrogens is 639 g/mol. The zero-order valence-electron chi connectivity index (χ0n) is 25.1. The van der Waals surface area contributed by atoms with E-state index in [4.69, 9.17) is 43.2 Å². The van der Waals surface area contributed by atoms with Gasteiger partial charge in [-0.2, -0.15) is 10.5 Å². The molecule has 0 amide bonds. The average molecular weight is 662 g/mol. The summed E-state index contributed by atoms with van der Waals surface area (Å²) in [6.07, 6.45) is 3.06. The summed E-state index contributed by atoms with van der Waals surface area (Å²) in [6, 6.07) is 41.2. The Morgan fingerprint density at radius 3 is 1.10 bits per heavy atom. The summed E-state index contributed by atoms with van der Waals surface area (Å²) in [5.74, 6) is 15.1. The number of halogens is 2. The molecule has 4 aromatic carbocycles. The maximum absolute atomic E-state index is 8.80. The van der Waals surface area contributed by atoms with Crippen molar-refractivity contribution in [1.82, 2.24) is 9.97 Å². The van der Waals surface area contributed by atoms with Gasteiger partial charge in [0.2, 0.25) is 0 Å². The van der Waals surface area contributed by atoms with E-state index >= 15 is 0 Å². The van der Waals surface area contributed by atoms with Crippen LogP contribution in [0.5, 0.6) is 23.0 Å². The summed E-state index contributed by atoms with van der Waals surface area (Å²) in [7, 11) is 0. The molecular formula is C40H22Cl2N4O2. The lowest BCUT2D eigenvalue weighted by Crippen LogP contribution is -1.86. The van der Waals surface area contributed by atoms with Gasteiger partial charge in [0.05, 0.1) is 10.0 Å². The second-order valence-electron chi connectivity index (χ2n) is 9.71. The van der Waals surface area contributed by atoms with E-state index in [0.29, 0.717) is 21.2 Å². The molecule has 8 heteroatoms. The monoisotopic (exact) mass is 660 g/mol. The molecule has 0 atom stereocenters. The first kappa shape index (κ1) is 32.8. The maximum atomic E-state index is 8.80.